The first-order valence-electron chi connectivity index (χ1n) is 8.06. The van der Waals surface area contributed by atoms with Crippen LogP contribution in [-0.4, -0.2) is 37.8 Å². The highest BCUT2D eigenvalue weighted by molar-refractivity contribution is 7.80. The van der Waals surface area contributed by atoms with Crippen LogP contribution in [0.4, 0.5) is 0 Å². The zero-order valence-electron chi connectivity index (χ0n) is 14.8. The molecule has 0 amide bonds. The van der Waals surface area contributed by atoms with E-state index in [1.54, 1.807) is 7.11 Å². The molecule has 0 saturated heterocycles. The molecule has 0 bridgehead atoms. The van der Waals surface area contributed by atoms with Gasteiger partial charge in [0, 0.05) is 18.1 Å². The van der Waals surface area contributed by atoms with E-state index in [2.05, 4.69) is 15.5 Å². The standard InChI is InChI=1S/C19H24ClN3OS/c1-23(2)18(16-6-4-5-7-17(16)20)13-22-19(25)21-12-14-8-10-15(24-3)11-9-14/h4-11,18H,12-13H2,1-3H3,(H2,21,22,25)/t18-/m0/s1. The molecule has 0 spiro atoms. The lowest BCUT2D eigenvalue weighted by Crippen LogP contribution is -2.40. The Labute approximate surface area is 160 Å². The Morgan fingerprint density at radius 2 is 1.80 bits per heavy atom. The van der Waals surface area contributed by atoms with Crippen molar-refractivity contribution in [2.24, 2.45) is 0 Å². The molecule has 25 heavy (non-hydrogen) atoms. The number of methoxy groups -OCH3 is 1. The first-order valence-corrected chi connectivity index (χ1v) is 8.85. The maximum Gasteiger partial charge on any atom is 0.166 e. The molecule has 2 rings (SSSR count). The molecule has 2 aromatic carbocycles. The summed E-state index contributed by atoms with van der Waals surface area (Å²) in [6, 6.07) is 15.9. The van der Waals surface area contributed by atoms with Crippen molar-refractivity contribution in [1.82, 2.24) is 15.5 Å². The summed E-state index contributed by atoms with van der Waals surface area (Å²) >= 11 is 11.7. The largest absolute Gasteiger partial charge is 0.497 e. The molecule has 0 aliphatic carbocycles. The van der Waals surface area contributed by atoms with Crippen molar-refractivity contribution in [3.8, 4) is 5.75 Å². The van der Waals surface area contributed by atoms with Gasteiger partial charge in [0.05, 0.1) is 13.2 Å². The van der Waals surface area contributed by atoms with Crippen LogP contribution >= 0.6 is 23.8 Å². The van der Waals surface area contributed by atoms with E-state index in [1.807, 2.05) is 62.6 Å². The highest BCUT2D eigenvalue weighted by atomic mass is 35.5. The number of nitrogens with one attached hydrogen (secondary N) is 2. The summed E-state index contributed by atoms with van der Waals surface area (Å²) < 4.78 is 5.16. The highest BCUT2D eigenvalue weighted by Crippen LogP contribution is 2.25. The maximum absolute atomic E-state index is 6.33. The fourth-order valence-corrected chi connectivity index (χ4v) is 2.91. The Bertz CT molecular complexity index is 691. The second-order valence-electron chi connectivity index (χ2n) is 5.91. The van der Waals surface area contributed by atoms with Gasteiger partial charge in [-0.25, -0.2) is 0 Å². The zero-order valence-corrected chi connectivity index (χ0v) is 16.3. The van der Waals surface area contributed by atoms with Gasteiger partial charge in [0.25, 0.3) is 0 Å². The van der Waals surface area contributed by atoms with E-state index < -0.39 is 0 Å². The smallest absolute Gasteiger partial charge is 0.166 e. The minimum absolute atomic E-state index is 0.134. The molecule has 0 fully saturated rings. The van der Waals surface area contributed by atoms with Gasteiger partial charge in [-0.15, -0.1) is 0 Å². The second kappa shape index (κ2) is 9.61. The fourth-order valence-electron chi connectivity index (χ4n) is 2.49. The summed E-state index contributed by atoms with van der Waals surface area (Å²) in [5, 5.41) is 7.89. The second-order valence-corrected chi connectivity index (χ2v) is 6.73. The first kappa shape index (κ1) is 19.5. The van der Waals surface area contributed by atoms with Gasteiger partial charge in [0.2, 0.25) is 0 Å². The van der Waals surface area contributed by atoms with Gasteiger partial charge in [-0.3, -0.25) is 0 Å². The summed E-state index contributed by atoms with van der Waals surface area (Å²) in [6.07, 6.45) is 0. The van der Waals surface area contributed by atoms with Crippen LogP contribution in [0, 0.1) is 0 Å². The predicted octanol–water partition coefficient (Wildman–Crippen LogP) is 3.62. The monoisotopic (exact) mass is 377 g/mol. The van der Waals surface area contributed by atoms with E-state index in [1.165, 1.54) is 0 Å². The van der Waals surface area contributed by atoms with Gasteiger partial charge in [-0.05, 0) is 55.6 Å². The molecule has 4 nitrogen and oxygen atoms in total. The first-order chi connectivity index (χ1) is 12.0. The summed E-state index contributed by atoms with van der Waals surface area (Å²) in [7, 11) is 5.72. The molecule has 0 aliphatic rings. The van der Waals surface area contributed by atoms with Crippen LogP contribution in [0.15, 0.2) is 48.5 Å². The lowest BCUT2D eigenvalue weighted by atomic mass is 10.1. The number of hydrogen-bond acceptors (Lipinski definition) is 3. The summed E-state index contributed by atoms with van der Waals surface area (Å²) in [6.45, 7) is 1.33. The number of likely N-dealkylation sites (N-methyl/N-ethyl adjacent to an activating group) is 1. The van der Waals surface area contributed by atoms with Crippen molar-refractivity contribution in [1.29, 1.82) is 0 Å². The van der Waals surface area contributed by atoms with E-state index in [9.17, 15) is 0 Å². The molecule has 0 unspecified atom stereocenters. The van der Waals surface area contributed by atoms with Crippen LogP contribution < -0.4 is 15.4 Å². The van der Waals surface area contributed by atoms with Crippen LogP contribution in [0.5, 0.6) is 5.75 Å². The Balaban J connectivity index is 1.87. The minimum Gasteiger partial charge on any atom is -0.497 e. The van der Waals surface area contributed by atoms with Gasteiger partial charge in [-0.2, -0.15) is 0 Å². The Kier molecular flexibility index (Phi) is 7.50. The molecule has 0 aromatic heterocycles. The Morgan fingerprint density at radius 3 is 2.40 bits per heavy atom. The average molecular weight is 378 g/mol. The zero-order chi connectivity index (χ0) is 18.2. The Hall–Kier alpha value is -1.82. The van der Waals surface area contributed by atoms with Crippen molar-refractivity contribution in [2.75, 3.05) is 27.7 Å². The molecule has 2 aromatic rings. The number of nitrogens with zero attached hydrogens (tertiary/aromatic N) is 1. The molecule has 1 atom stereocenters. The number of halogens is 1. The SMILES string of the molecule is COc1ccc(CNC(=S)NC[C@@H](c2ccccc2Cl)N(C)C)cc1. The molecular formula is C19H24ClN3OS. The molecule has 6 heteroatoms. The molecule has 0 aliphatic heterocycles. The van der Waals surface area contributed by atoms with Gasteiger partial charge in [0.1, 0.15) is 5.75 Å². The van der Waals surface area contributed by atoms with Gasteiger partial charge in [0.15, 0.2) is 5.11 Å². The van der Waals surface area contributed by atoms with Crippen molar-refractivity contribution in [3.63, 3.8) is 0 Å². The van der Waals surface area contributed by atoms with Gasteiger partial charge in [-0.1, -0.05) is 41.9 Å². The number of rotatable bonds is 7. The van der Waals surface area contributed by atoms with E-state index >= 15 is 0 Å². The van der Waals surface area contributed by atoms with Crippen LogP contribution in [0.1, 0.15) is 17.2 Å². The molecule has 2 N–H and O–H groups in total. The number of hydrogen-bond donors (Lipinski definition) is 2. The minimum atomic E-state index is 0.134. The molecule has 0 heterocycles. The van der Waals surface area contributed by atoms with E-state index in [0.29, 0.717) is 18.2 Å². The van der Waals surface area contributed by atoms with Crippen LogP contribution in [-0.2, 0) is 6.54 Å². The van der Waals surface area contributed by atoms with Crippen molar-refractivity contribution < 1.29 is 4.74 Å². The molecular weight excluding hydrogens is 354 g/mol. The normalized spacial score (nSPS) is 11.9. The lowest BCUT2D eigenvalue weighted by Gasteiger charge is -2.26. The van der Waals surface area contributed by atoms with Gasteiger partial charge < -0.3 is 20.3 Å². The molecule has 0 saturated carbocycles. The van der Waals surface area contributed by atoms with Crippen molar-refractivity contribution >= 4 is 28.9 Å². The molecule has 0 radical (unpaired) electrons. The summed E-state index contributed by atoms with van der Waals surface area (Å²) in [5.41, 5.74) is 2.22. The lowest BCUT2D eigenvalue weighted by molar-refractivity contribution is 0.298. The number of thiocarbonyl (C=S) groups is 1. The van der Waals surface area contributed by atoms with Gasteiger partial charge >= 0.3 is 0 Å². The highest BCUT2D eigenvalue weighted by Gasteiger charge is 2.16. The van der Waals surface area contributed by atoms with E-state index in [-0.39, 0.29) is 6.04 Å². The number of ether oxygens (including phenoxy) is 1. The maximum atomic E-state index is 6.33. The van der Waals surface area contributed by atoms with E-state index in [0.717, 1.165) is 21.9 Å². The van der Waals surface area contributed by atoms with Crippen LogP contribution in [0.2, 0.25) is 5.02 Å². The van der Waals surface area contributed by atoms with Crippen LogP contribution in [0.25, 0.3) is 0 Å². The predicted molar refractivity (Wildman–Crippen MR) is 108 cm³/mol. The fraction of sp³-hybridized carbons (Fsp3) is 0.316. The average Bonchev–Trinajstić information content (AvgIpc) is 2.61. The molecule has 134 valence electrons. The quantitative estimate of drug-likeness (QED) is 0.721. The third-order valence-corrected chi connectivity index (χ3v) is 4.59. The van der Waals surface area contributed by atoms with Crippen molar-refractivity contribution in [2.45, 2.75) is 12.6 Å². The Morgan fingerprint density at radius 1 is 1.12 bits per heavy atom. The van der Waals surface area contributed by atoms with Crippen LogP contribution in [0.3, 0.4) is 0 Å². The topological polar surface area (TPSA) is 36.5 Å². The van der Waals surface area contributed by atoms with Crippen molar-refractivity contribution in [3.05, 3.63) is 64.7 Å². The third kappa shape index (κ3) is 5.88. The number of benzene rings is 2. The van der Waals surface area contributed by atoms with E-state index in [4.69, 9.17) is 28.6 Å². The summed E-state index contributed by atoms with van der Waals surface area (Å²) in [4.78, 5) is 2.13. The summed E-state index contributed by atoms with van der Waals surface area (Å²) in [5.74, 6) is 0.845. The third-order valence-electron chi connectivity index (χ3n) is 3.96.